The van der Waals surface area contributed by atoms with Crippen LogP contribution in [-0.2, 0) is 14.3 Å². The fourth-order valence-corrected chi connectivity index (χ4v) is 9.22. The van der Waals surface area contributed by atoms with Gasteiger partial charge in [0.25, 0.3) is 0 Å². The van der Waals surface area contributed by atoms with Crippen molar-refractivity contribution >= 4 is 11.8 Å². The number of carbonyl (C=O) groups is 2. The molecule has 31 heavy (non-hydrogen) atoms. The van der Waals surface area contributed by atoms with E-state index in [9.17, 15) is 9.59 Å². The van der Waals surface area contributed by atoms with Crippen LogP contribution in [0, 0.1) is 46.3 Å². The van der Waals surface area contributed by atoms with Gasteiger partial charge in [-0.25, -0.2) is 0 Å². The van der Waals surface area contributed by atoms with Crippen molar-refractivity contribution in [3.63, 3.8) is 0 Å². The molecule has 4 aliphatic carbocycles. The molecule has 4 saturated carbocycles. The number of hydrogen-bond donors (Lipinski definition) is 0. The molecular weight excluding hydrogens is 384 g/mol. The summed E-state index contributed by atoms with van der Waals surface area (Å²) in [6.07, 6.45) is 16.5. The van der Waals surface area contributed by atoms with Crippen LogP contribution in [0.3, 0.4) is 0 Å². The molecule has 0 aromatic heterocycles. The van der Waals surface area contributed by atoms with Gasteiger partial charge in [0.1, 0.15) is 5.78 Å². The van der Waals surface area contributed by atoms with Crippen LogP contribution in [0.5, 0.6) is 0 Å². The molecular formula is C28H46O3. The molecule has 8 atom stereocenters. The van der Waals surface area contributed by atoms with Crippen molar-refractivity contribution in [1.82, 2.24) is 0 Å². The first-order valence-corrected chi connectivity index (χ1v) is 13.4. The summed E-state index contributed by atoms with van der Waals surface area (Å²) in [4.78, 5) is 25.2. The van der Waals surface area contributed by atoms with Crippen molar-refractivity contribution in [2.24, 2.45) is 46.3 Å². The lowest BCUT2D eigenvalue weighted by Crippen LogP contribution is -2.51. The Kier molecular flexibility index (Phi) is 6.90. The Balaban J connectivity index is 1.53. The van der Waals surface area contributed by atoms with E-state index in [0.29, 0.717) is 58.5 Å². The Morgan fingerprint density at radius 2 is 1.74 bits per heavy atom. The molecule has 4 aliphatic rings. The van der Waals surface area contributed by atoms with Crippen LogP contribution in [-0.4, -0.2) is 18.9 Å². The highest BCUT2D eigenvalue weighted by Gasteiger charge is 2.60. The predicted molar refractivity (Wildman–Crippen MR) is 124 cm³/mol. The Labute approximate surface area is 190 Å². The highest BCUT2D eigenvalue weighted by atomic mass is 16.5. The van der Waals surface area contributed by atoms with Crippen molar-refractivity contribution in [3.8, 4) is 0 Å². The fraction of sp³-hybridized carbons (Fsp3) is 0.929. The van der Waals surface area contributed by atoms with Crippen molar-refractivity contribution in [1.29, 1.82) is 0 Å². The van der Waals surface area contributed by atoms with Crippen molar-refractivity contribution < 1.29 is 14.3 Å². The predicted octanol–water partition coefficient (Wildman–Crippen LogP) is 6.97. The molecule has 0 heterocycles. The molecule has 4 fully saturated rings. The summed E-state index contributed by atoms with van der Waals surface area (Å²) in [6, 6.07) is 0. The number of fused-ring (bicyclic) bond motifs is 5. The third-order valence-corrected chi connectivity index (χ3v) is 10.9. The minimum atomic E-state index is -0.0842. The summed E-state index contributed by atoms with van der Waals surface area (Å²) in [6.45, 7) is 7.53. The van der Waals surface area contributed by atoms with Crippen LogP contribution in [0.2, 0.25) is 0 Å². The quantitative estimate of drug-likeness (QED) is 0.442. The fourth-order valence-electron chi connectivity index (χ4n) is 9.22. The smallest absolute Gasteiger partial charge is 0.305 e. The van der Waals surface area contributed by atoms with Gasteiger partial charge in [0.05, 0.1) is 7.11 Å². The lowest BCUT2D eigenvalue weighted by atomic mass is 9.51. The van der Waals surface area contributed by atoms with Gasteiger partial charge in [0.2, 0.25) is 0 Å². The average Bonchev–Trinajstić information content (AvgIpc) is 2.86. The van der Waals surface area contributed by atoms with Gasteiger partial charge in [0, 0.05) is 18.8 Å². The molecule has 3 heteroatoms. The lowest BCUT2D eigenvalue weighted by molar-refractivity contribution is -0.143. The van der Waals surface area contributed by atoms with Crippen LogP contribution < -0.4 is 0 Å². The summed E-state index contributed by atoms with van der Waals surface area (Å²) in [5.41, 5.74) is 0.693. The van der Waals surface area contributed by atoms with Gasteiger partial charge < -0.3 is 4.74 Å². The number of hydrogen-bond acceptors (Lipinski definition) is 3. The van der Waals surface area contributed by atoms with E-state index in [2.05, 4.69) is 20.8 Å². The minimum Gasteiger partial charge on any atom is -0.469 e. The zero-order valence-corrected chi connectivity index (χ0v) is 20.6. The van der Waals surface area contributed by atoms with Gasteiger partial charge in [-0.15, -0.1) is 0 Å². The Morgan fingerprint density at radius 1 is 1.00 bits per heavy atom. The van der Waals surface area contributed by atoms with E-state index in [1.165, 1.54) is 71.3 Å². The molecule has 0 N–H and O–H groups in total. The average molecular weight is 431 g/mol. The standard InChI is InChI=1S/C28H46O3/c1-19(10-8-13-25(30)31-4)21-14-15-23-26-22(12-9-17-28(21,23)3)27(2)16-7-5-6-11-20(27)18-24(26)29/h19-23,26H,5-18H2,1-4H3/t19-,20?,21?,22?,23?,26?,27?,28?/m1/s1. The first kappa shape index (κ1) is 23.3. The van der Waals surface area contributed by atoms with Crippen molar-refractivity contribution in [2.75, 3.05) is 7.11 Å². The highest BCUT2D eigenvalue weighted by Crippen LogP contribution is 2.65. The maximum atomic E-state index is 13.7. The maximum absolute atomic E-state index is 13.7. The van der Waals surface area contributed by atoms with E-state index in [-0.39, 0.29) is 5.97 Å². The molecule has 0 aromatic rings. The number of ether oxygens (including phenoxy) is 1. The SMILES string of the molecule is COC(=O)CCC[C@@H](C)C1CCC2C3C(=O)CC4CCCCCC4(C)C3CCCC21C. The second-order valence-electron chi connectivity index (χ2n) is 12.2. The van der Waals surface area contributed by atoms with Crippen molar-refractivity contribution in [3.05, 3.63) is 0 Å². The molecule has 7 unspecified atom stereocenters. The zero-order valence-electron chi connectivity index (χ0n) is 20.6. The first-order chi connectivity index (χ1) is 14.8. The second-order valence-corrected chi connectivity index (χ2v) is 12.2. The normalized spacial score (nSPS) is 43.7. The van der Waals surface area contributed by atoms with E-state index in [0.717, 1.165) is 19.3 Å². The third-order valence-electron chi connectivity index (χ3n) is 10.9. The molecule has 0 spiro atoms. The van der Waals surface area contributed by atoms with Crippen LogP contribution >= 0.6 is 0 Å². The Morgan fingerprint density at radius 3 is 2.52 bits per heavy atom. The summed E-state index contributed by atoms with van der Waals surface area (Å²) in [7, 11) is 1.48. The van der Waals surface area contributed by atoms with E-state index in [1.54, 1.807) is 0 Å². The number of carbonyl (C=O) groups excluding carboxylic acids is 2. The first-order valence-electron chi connectivity index (χ1n) is 13.4. The summed E-state index contributed by atoms with van der Waals surface area (Å²) in [5, 5.41) is 0. The molecule has 0 radical (unpaired) electrons. The summed E-state index contributed by atoms with van der Waals surface area (Å²) >= 11 is 0. The largest absolute Gasteiger partial charge is 0.469 e. The number of rotatable bonds is 5. The molecule has 4 rings (SSSR count). The Bertz CT molecular complexity index is 671. The van der Waals surface area contributed by atoms with Crippen LogP contribution in [0.15, 0.2) is 0 Å². The highest BCUT2D eigenvalue weighted by molar-refractivity contribution is 5.83. The molecule has 0 saturated heterocycles. The van der Waals surface area contributed by atoms with Gasteiger partial charge in [-0.1, -0.05) is 46.5 Å². The van der Waals surface area contributed by atoms with Crippen LogP contribution in [0.4, 0.5) is 0 Å². The number of ketones is 1. The minimum absolute atomic E-state index is 0.0842. The maximum Gasteiger partial charge on any atom is 0.305 e. The summed E-state index contributed by atoms with van der Waals surface area (Å²) in [5.74, 6) is 4.03. The van der Waals surface area contributed by atoms with E-state index in [1.807, 2.05) is 0 Å². The van der Waals surface area contributed by atoms with E-state index >= 15 is 0 Å². The van der Waals surface area contributed by atoms with Gasteiger partial charge in [-0.05, 0) is 91.8 Å². The van der Waals surface area contributed by atoms with Crippen LogP contribution in [0.1, 0.15) is 111 Å². The van der Waals surface area contributed by atoms with E-state index in [4.69, 9.17) is 4.74 Å². The van der Waals surface area contributed by atoms with Crippen molar-refractivity contribution in [2.45, 2.75) is 111 Å². The monoisotopic (exact) mass is 430 g/mol. The van der Waals surface area contributed by atoms with Crippen LogP contribution in [0.25, 0.3) is 0 Å². The topological polar surface area (TPSA) is 43.4 Å². The van der Waals surface area contributed by atoms with Gasteiger partial charge in [-0.2, -0.15) is 0 Å². The van der Waals surface area contributed by atoms with E-state index < -0.39 is 0 Å². The molecule has 3 nitrogen and oxygen atoms in total. The summed E-state index contributed by atoms with van der Waals surface area (Å²) < 4.78 is 4.84. The molecule has 0 amide bonds. The molecule has 0 aromatic carbocycles. The molecule has 0 aliphatic heterocycles. The zero-order chi connectivity index (χ0) is 22.2. The third kappa shape index (κ3) is 4.12. The Hall–Kier alpha value is -0.860. The van der Waals surface area contributed by atoms with Gasteiger partial charge in [0.15, 0.2) is 0 Å². The molecule has 176 valence electrons. The number of methoxy groups -OCH3 is 1. The van der Waals surface area contributed by atoms with Gasteiger partial charge >= 0.3 is 5.97 Å². The number of Topliss-reactive ketones (excluding diaryl/α,β-unsaturated/α-hetero) is 1. The number of esters is 1. The van der Waals surface area contributed by atoms with Gasteiger partial charge in [-0.3, -0.25) is 9.59 Å². The second kappa shape index (κ2) is 9.18. The lowest BCUT2D eigenvalue weighted by Gasteiger charge is -2.53. The molecule has 0 bridgehead atoms.